The molecule has 2 N–H and O–H groups in total. The summed E-state index contributed by atoms with van der Waals surface area (Å²) in [5.74, 6) is -0.996. The van der Waals surface area contributed by atoms with Crippen LogP contribution >= 0.6 is 11.6 Å². The Balaban J connectivity index is 2.09. The van der Waals surface area contributed by atoms with Gasteiger partial charge in [-0.25, -0.2) is 0 Å². The highest BCUT2D eigenvalue weighted by molar-refractivity contribution is 6.32. The van der Waals surface area contributed by atoms with E-state index in [4.69, 9.17) is 11.6 Å². The molecule has 0 aliphatic carbocycles. The van der Waals surface area contributed by atoms with Crippen LogP contribution in [0.15, 0.2) is 36.4 Å². The summed E-state index contributed by atoms with van der Waals surface area (Å²) in [6.45, 7) is 5.35. The molecule has 0 unspecified atom stereocenters. The summed E-state index contributed by atoms with van der Waals surface area (Å²) in [6, 6.07) is 8.41. The summed E-state index contributed by atoms with van der Waals surface area (Å²) < 4.78 is 0. The van der Waals surface area contributed by atoms with Gasteiger partial charge in [0.1, 0.15) is 11.1 Å². The number of nitrogens with zero attached hydrogens (tertiary/aromatic N) is 1. The normalized spacial score (nSPS) is 11.5. The van der Waals surface area contributed by atoms with Gasteiger partial charge in [0.25, 0.3) is 11.6 Å². The van der Waals surface area contributed by atoms with Gasteiger partial charge in [-0.3, -0.25) is 19.7 Å². The average molecular weight is 376 g/mol. The fourth-order valence-electron chi connectivity index (χ4n) is 2.27. The quantitative estimate of drug-likeness (QED) is 0.615. The molecular weight excluding hydrogens is 358 g/mol. The van der Waals surface area contributed by atoms with E-state index >= 15 is 0 Å². The van der Waals surface area contributed by atoms with Crippen molar-refractivity contribution >= 4 is 34.8 Å². The lowest BCUT2D eigenvalue weighted by Crippen LogP contribution is -2.41. The summed E-state index contributed by atoms with van der Waals surface area (Å²) in [4.78, 5) is 34.8. The second-order valence-corrected chi connectivity index (χ2v) is 6.26. The van der Waals surface area contributed by atoms with Crippen molar-refractivity contribution < 1.29 is 14.5 Å². The van der Waals surface area contributed by atoms with E-state index in [1.807, 2.05) is 26.0 Å². The predicted molar refractivity (Wildman–Crippen MR) is 99.6 cm³/mol. The van der Waals surface area contributed by atoms with E-state index < -0.39 is 22.8 Å². The zero-order valence-corrected chi connectivity index (χ0v) is 15.3. The van der Waals surface area contributed by atoms with Gasteiger partial charge in [-0.2, -0.15) is 0 Å². The van der Waals surface area contributed by atoms with Crippen LogP contribution in [0, 0.1) is 24.0 Å². The minimum absolute atomic E-state index is 0.0486. The van der Waals surface area contributed by atoms with Crippen LogP contribution in [0.1, 0.15) is 28.4 Å². The molecule has 0 spiro atoms. The molecule has 8 heteroatoms. The van der Waals surface area contributed by atoms with Crippen LogP contribution in [0.25, 0.3) is 0 Å². The molecule has 26 heavy (non-hydrogen) atoms. The number of benzene rings is 2. The largest absolute Gasteiger partial charge is 0.341 e. The van der Waals surface area contributed by atoms with Gasteiger partial charge in [-0.05, 0) is 50.1 Å². The fraction of sp³-hybridized carbons (Fsp3) is 0.222. The SMILES string of the molecule is Cc1cccc(NC(=O)[C@H](C)NC(=O)c2ccc(Cl)c([N+](=O)[O-])c2)c1C. The molecule has 2 aromatic rings. The molecule has 0 aromatic heterocycles. The number of halogens is 1. The Morgan fingerprint density at radius 1 is 1.19 bits per heavy atom. The maximum atomic E-state index is 12.3. The molecule has 0 aliphatic rings. The van der Waals surface area contributed by atoms with Gasteiger partial charge in [-0.1, -0.05) is 23.7 Å². The molecule has 0 bridgehead atoms. The lowest BCUT2D eigenvalue weighted by atomic mass is 10.1. The van der Waals surface area contributed by atoms with E-state index in [-0.39, 0.29) is 16.3 Å². The summed E-state index contributed by atoms with van der Waals surface area (Å²) >= 11 is 5.73. The zero-order chi connectivity index (χ0) is 19.4. The Morgan fingerprint density at radius 3 is 2.54 bits per heavy atom. The summed E-state index contributed by atoms with van der Waals surface area (Å²) in [7, 11) is 0. The first-order chi connectivity index (χ1) is 12.2. The number of carbonyl (C=O) groups excluding carboxylic acids is 2. The van der Waals surface area contributed by atoms with Gasteiger partial charge in [0.2, 0.25) is 5.91 Å². The Morgan fingerprint density at radius 2 is 1.88 bits per heavy atom. The lowest BCUT2D eigenvalue weighted by molar-refractivity contribution is -0.384. The van der Waals surface area contributed by atoms with Gasteiger partial charge < -0.3 is 10.6 Å². The number of nitrogens with one attached hydrogen (secondary N) is 2. The number of anilines is 1. The third-order valence-corrected chi connectivity index (χ3v) is 4.33. The van der Waals surface area contributed by atoms with Gasteiger partial charge >= 0.3 is 0 Å². The number of hydrogen-bond donors (Lipinski definition) is 2. The molecule has 136 valence electrons. The minimum atomic E-state index is -0.836. The van der Waals surface area contributed by atoms with Gasteiger partial charge in [0, 0.05) is 17.3 Å². The van der Waals surface area contributed by atoms with Crippen LogP contribution in [0.5, 0.6) is 0 Å². The van der Waals surface area contributed by atoms with Crippen molar-refractivity contribution in [2.45, 2.75) is 26.8 Å². The summed E-state index contributed by atoms with van der Waals surface area (Å²) in [6.07, 6.45) is 0. The van der Waals surface area contributed by atoms with E-state index in [2.05, 4.69) is 10.6 Å². The fourth-order valence-corrected chi connectivity index (χ4v) is 2.45. The Kier molecular flexibility index (Phi) is 5.94. The highest BCUT2D eigenvalue weighted by Gasteiger charge is 2.20. The Hall–Kier alpha value is -2.93. The van der Waals surface area contributed by atoms with Gasteiger partial charge in [0.05, 0.1) is 4.92 Å². The van der Waals surface area contributed by atoms with E-state index in [0.29, 0.717) is 5.69 Å². The molecular formula is C18H18ClN3O4. The highest BCUT2D eigenvalue weighted by Crippen LogP contribution is 2.25. The van der Waals surface area contributed by atoms with Crippen LogP contribution in [-0.4, -0.2) is 22.8 Å². The first kappa shape index (κ1) is 19.4. The number of nitro benzene ring substituents is 1. The number of nitro groups is 1. The van der Waals surface area contributed by atoms with Crippen LogP contribution in [-0.2, 0) is 4.79 Å². The standard InChI is InChI=1S/C18H18ClN3O4/c1-10-5-4-6-15(11(10)2)21-17(23)12(3)20-18(24)13-7-8-14(19)16(9-13)22(25)26/h4-9,12H,1-3H3,(H,20,24)(H,21,23)/t12-/m0/s1. The molecule has 2 rings (SSSR count). The van der Waals surface area contributed by atoms with Crippen LogP contribution in [0.4, 0.5) is 11.4 Å². The van der Waals surface area contributed by atoms with E-state index in [9.17, 15) is 19.7 Å². The number of amides is 2. The smallest absolute Gasteiger partial charge is 0.288 e. The first-order valence-electron chi connectivity index (χ1n) is 7.82. The van der Waals surface area contributed by atoms with Crippen molar-refractivity contribution in [3.63, 3.8) is 0 Å². The van der Waals surface area contributed by atoms with Gasteiger partial charge in [-0.15, -0.1) is 0 Å². The van der Waals surface area contributed by atoms with Crippen LogP contribution in [0.2, 0.25) is 5.02 Å². The minimum Gasteiger partial charge on any atom is -0.341 e. The maximum Gasteiger partial charge on any atom is 0.288 e. The third-order valence-electron chi connectivity index (χ3n) is 4.01. The molecule has 2 aromatic carbocycles. The van der Waals surface area contributed by atoms with Crippen molar-refractivity contribution in [1.82, 2.24) is 5.32 Å². The number of rotatable bonds is 5. The number of carbonyl (C=O) groups is 2. The van der Waals surface area contributed by atoms with Crippen LogP contribution < -0.4 is 10.6 Å². The Bertz CT molecular complexity index is 883. The van der Waals surface area contributed by atoms with Gasteiger partial charge in [0.15, 0.2) is 0 Å². The maximum absolute atomic E-state index is 12.3. The van der Waals surface area contributed by atoms with Crippen LogP contribution in [0.3, 0.4) is 0 Å². The van der Waals surface area contributed by atoms with E-state index in [1.165, 1.54) is 19.1 Å². The average Bonchev–Trinajstić information content (AvgIpc) is 2.58. The molecule has 0 heterocycles. The monoisotopic (exact) mass is 375 g/mol. The number of aryl methyl sites for hydroxylation is 1. The van der Waals surface area contributed by atoms with Crippen molar-refractivity contribution in [3.05, 3.63) is 68.2 Å². The molecule has 0 fully saturated rings. The Labute approximate surface area is 155 Å². The molecule has 7 nitrogen and oxygen atoms in total. The summed E-state index contributed by atoms with van der Waals surface area (Å²) in [5, 5.41) is 16.1. The van der Waals surface area contributed by atoms with Crippen molar-refractivity contribution in [1.29, 1.82) is 0 Å². The first-order valence-corrected chi connectivity index (χ1v) is 8.20. The third kappa shape index (κ3) is 4.37. The van der Waals surface area contributed by atoms with E-state index in [1.54, 1.807) is 6.07 Å². The molecule has 0 saturated heterocycles. The molecule has 0 radical (unpaired) electrons. The highest BCUT2D eigenvalue weighted by atomic mass is 35.5. The van der Waals surface area contributed by atoms with Crippen molar-refractivity contribution in [2.24, 2.45) is 0 Å². The second-order valence-electron chi connectivity index (χ2n) is 5.86. The molecule has 0 aliphatic heterocycles. The lowest BCUT2D eigenvalue weighted by Gasteiger charge is -2.16. The van der Waals surface area contributed by atoms with Crippen molar-refractivity contribution in [3.8, 4) is 0 Å². The summed E-state index contributed by atoms with van der Waals surface area (Å²) in [5.41, 5.74) is 2.32. The second kappa shape index (κ2) is 7.97. The topological polar surface area (TPSA) is 101 Å². The zero-order valence-electron chi connectivity index (χ0n) is 14.5. The molecule has 0 saturated carbocycles. The molecule has 1 atom stereocenters. The van der Waals surface area contributed by atoms with Crippen molar-refractivity contribution in [2.75, 3.05) is 5.32 Å². The number of hydrogen-bond acceptors (Lipinski definition) is 4. The van der Waals surface area contributed by atoms with E-state index in [0.717, 1.165) is 17.2 Å². The molecule has 2 amide bonds. The predicted octanol–water partition coefficient (Wildman–Crippen LogP) is 3.62.